The molecule has 4 nitrogen and oxygen atoms in total. The summed E-state index contributed by atoms with van der Waals surface area (Å²) in [4.78, 5) is 14.3. The van der Waals surface area contributed by atoms with E-state index in [9.17, 15) is 4.79 Å². The molecular formula is C12H15Cl2N3O. The zero-order valence-corrected chi connectivity index (χ0v) is 11.7. The van der Waals surface area contributed by atoms with Crippen molar-refractivity contribution < 1.29 is 4.79 Å². The fourth-order valence-corrected chi connectivity index (χ4v) is 2.67. The van der Waals surface area contributed by atoms with Crippen LogP contribution in [0.3, 0.4) is 0 Å². The van der Waals surface area contributed by atoms with E-state index in [0.717, 1.165) is 25.8 Å². The van der Waals surface area contributed by atoms with Crippen LogP contribution in [0.2, 0.25) is 10.3 Å². The van der Waals surface area contributed by atoms with Gasteiger partial charge in [-0.3, -0.25) is 4.79 Å². The van der Waals surface area contributed by atoms with Crippen molar-refractivity contribution in [3.63, 3.8) is 0 Å². The standard InChI is InChI=1S/C12H15Cl2N3O/c1-2-8-5-3-4-6-17(8)12(18)9-7-10(13)15-16-11(9)14/h7-8H,2-6H2,1H3. The Hall–Kier alpha value is -0.870. The van der Waals surface area contributed by atoms with Crippen molar-refractivity contribution in [1.29, 1.82) is 0 Å². The first kappa shape index (κ1) is 13.6. The van der Waals surface area contributed by atoms with Crippen LogP contribution in [0.15, 0.2) is 6.07 Å². The quantitative estimate of drug-likeness (QED) is 0.839. The summed E-state index contributed by atoms with van der Waals surface area (Å²) in [7, 11) is 0. The molecule has 0 bridgehead atoms. The van der Waals surface area contributed by atoms with Gasteiger partial charge in [-0.15, -0.1) is 10.2 Å². The van der Waals surface area contributed by atoms with Crippen molar-refractivity contribution >= 4 is 29.1 Å². The van der Waals surface area contributed by atoms with Crippen molar-refractivity contribution in [3.05, 3.63) is 21.9 Å². The normalized spacial score (nSPS) is 19.9. The monoisotopic (exact) mass is 287 g/mol. The second-order valence-electron chi connectivity index (χ2n) is 4.43. The van der Waals surface area contributed by atoms with Crippen molar-refractivity contribution in [1.82, 2.24) is 15.1 Å². The number of likely N-dealkylation sites (tertiary alicyclic amines) is 1. The van der Waals surface area contributed by atoms with Gasteiger partial charge < -0.3 is 4.90 Å². The molecule has 2 rings (SSSR count). The molecule has 0 aliphatic carbocycles. The Bertz CT molecular complexity index is 453. The fourth-order valence-electron chi connectivity index (χ4n) is 2.35. The molecule has 1 aliphatic heterocycles. The second-order valence-corrected chi connectivity index (χ2v) is 5.17. The third kappa shape index (κ3) is 2.75. The topological polar surface area (TPSA) is 46.1 Å². The summed E-state index contributed by atoms with van der Waals surface area (Å²) >= 11 is 11.7. The summed E-state index contributed by atoms with van der Waals surface area (Å²) in [5.74, 6) is -0.0941. The highest BCUT2D eigenvalue weighted by atomic mass is 35.5. The smallest absolute Gasteiger partial charge is 0.257 e. The number of hydrogen-bond donors (Lipinski definition) is 0. The van der Waals surface area contributed by atoms with Crippen LogP contribution in [0.5, 0.6) is 0 Å². The van der Waals surface area contributed by atoms with Crippen molar-refractivity contribution in [3.8, 4) is 0 Å². The first-order valence-corrected chi connectivity index (χ1v) is 6.88. The number of aromatic nitrogens is 2. The van der Waals surface area contributed by atoms with Crippen LogP contribution in [0.4, 0.5) is 0 Å². The largest absolute Gasteiger partial charge is 0.336 e. The maximum atomic E-state index is 12.5. The van der Waals surface area contributed by atoms with Gasteiger partial charge in [-0.1, -0.05) is 30.1 Å². The number of piperidine rings is 1. The Kier molecular flexibility index (Phi) is 4.40. The molecule has 1 atom stereocenters. The van der Waals surface area contributed by atoms with Gasteiger partial charge in [-0.05, 0) is 31.7 Å². The number of carbonyl (C=O) groups excluding carboxylic acids is 1. The van der Waals surface area contributed by atoms with Gasteiger partial charge in [-0.2, -0.15) is 0 Å². The van der Waals surface area contributed by atoms with E-state index in [1.54, 1.807) is 0 Å². The van der Waals surface area contributed by atoms with Gasteiger partial charge in [0.05, 0.1) is 5.56 Å². The zero-order valence-electron chi connectivity index (χ0n) is 10.2. The summed E-state index contributed by atoms with van der Waals surface area (Å²) < 4.78 is 0. The summed E-state index contributed by atoms with van der Waals surface area (Å²) in [5, 5.41) is 7.60. The van der Waals surface area contributed by atoms with Crippen LogP contribution in [-0.4, -0.2) is 33.6 Å². The van der Waals surface area contributed by atoms with Gasteiger partial charge >= 0.3 is 0 Å². The maximum absolute atomic E-state index is 12.5. The highest BCUT2D eigenvalue weighted by molar-refractivity contribution is 6.34. The van der Waals surface area contributed by atoms with Crippen molar-refractivity contribution in [2.45, 2.75) is 38.6 Å². The van der Waals surface area contributed by atoms with Crippen LogP contribution < -0.4 is 0 Å². The number of halogens is 2. The highest BCUT2D eigenvalue weighted by Crippen LogP contribution is 2.24. The van der Waals surface area contributed by atoms with E-state index in [1.165, 1.54) is 12.5 Å². The summed E-state index contributed by atoms with van der Waals surface area (Å²) in [6.07, 6.45) is 4.21. The van der Waals surface area contributed by atoms with Crippen LogP contribution in [0.1, 0.15) is 43.0 Å². The zero-order chi connectivity index (χ0) is 13.1. The molecule has 0 aromatic carbocycles. The van der Waals surface area contributed by atoms with Gasteiger partial charge in [0.15, 0.2) is 10.3 Å². The molecule has 2 heterocycles. The van der Waals surface area contributed by atoms with E-state index in [2.05, 4.69) is 17.1 Å². The third-order valence-electron chi connectivity index (χ3n) is 3.31. The van der Waals surface area contributed by atoms with Gasteiger partial charge in [0.2, 0.25) is 0 Å². The molecule has 1 unspecified atom stereocenters. The summed E-state index contributed by atoms with van der Waals surface area (Å²) in [5.41, 5.74) is 0.344. The molecule has 0 saturated carbocycles. The van der Waals surface area contributed by atoms with Gasteiger partial charge in [0.1, 0.15) is 0 Å². The molecular weight excluding hydrogens is 273 g/mol. The lowest BCUT2D eigenvalue weighted by molar-refractivity contribution is 0.0607. The minimum absolute atomic E-state index is 0.0941. The van der Waals surface area contributed by atoms with Crippen LogP contribution in [0, 0.1) is 0 Å². The van der Waals surface area contributed by atoms with E-state index in [-0.39, 0.29) is 22.3 Å². The molecule has 1 amide bonds. The Morgan fingerprint density at radius 3 is 2.94 bits per heavy atom. The Morgan fingerprint density at radius 2 is 2.22 bits per heavy atom. The lowest BCUT2D eigenvalue weighted by Gasteiger charge is -2.35. The van der Waals surface area contributed by atoms with E-state index in [4.69, 9.17) is 23.2 Å². The third-order valence-corrected chi connectivity index (χ3v) is 3.77. The van der Waals surface area contributed by atoms with Crippen LogP contribution in [-0.2, 0) is 0 Å². The molecule has 1 aromatic heterocycles. The molecule has 6 heteroatoms. The molecule has 1 saturated heterocycles. The second kappa shape index (κ2) is 5.85. The number of nitrogens with zero attached hydrogens (tertiary/aromatic N) is 3. The highest BCUT2D eigenvalue weighted by Gasteiger charge is 2.28. The van der Waals surface area contributed by atoms with Crippen LogP contribution >= 0.6 is 23.2 Å². The van der Waals surface area contributed by atoms with Crippen molar-refractivity contribution in [2.75, 3.05) is 6.54 Å². The minimum atomic E-state index is -0.0941. The Balaban J connectivity index is 2.26. The number of rotatable bonds is 2. The first-order valence-electron chi connectivity index (χ1n) is 6.13. The lowest BCUT2D eigenvalue weighted by atomic mass is 9.99. The summed E-state index contributed by atoms with van der Waals surface area (Å²) in [6, 6.07) is 1.77. The average molecular weight is 288 g/mol. The van der Waals surface area contributed by atoms with Crippen LogP contribution in [0.25, 0.3) is 0 Å². The number of carbonyl (C=O) groups is 1. The molecule has 0 N–H and O–H groups in total. The van der Waals surface area contributed by atoms with E-state index in [0.29, 0.717) is 5.56 Å². The van der Waals surface area contributed by atoms with Gasteiger partial charge in [0.25, 0.3) is 5.91 Å². The number of amides is 1. The Morgan fingerprint density at radius 1 is 1.44 bits per heavy atom. The maximum Gasteiger partial charge on any atom is 0.257 e. The molecule has 18 heavy (non-hydrogen) atoms. The molecule has 1 aromatic rings. The summed E-state index contributed by atoms with van der Waals surface area (Å²) in [6.45, 7) is 2.86. The molecule has 98 valence electrons. The van der Waals surface area contributed by atoms with Crippen molar-refractivity contribution in [2.24, 2.45) is 0 Å². The molecule has 1 fully saturated rings. The average Bonchev–Trinajstić information content (AvgIpc) is 2.40. The molecule has 1 aliphatic rings. The van der Waals surface area contributed by atoms with Gasteiger partial charge in [-0.25, -0.2) is 0 Å². The van der Waals surface area contributed by atoms with Gasteiger partial charge in [0, 0.05) is 12.6 Å². The predicted molar refractivity (Wildman–Crippen MR) is 71.0 cm³/mol. The first-order chi connectivity index (χ1) is 8.63. The Labute approximate surface area is 116 Å². The minimum Gasteiger partial charge on any atom is -0.336 e. The predicted octanol–water partition coefficient (Wildman–Crippen LogP) is 3.19. The molecule has 0 radical (unpaired) electrons. The fraction of sp³-hybridized carbons (Fsp3) is 0.583. The van der Waals surface area contributed by atoms with E-state index >= 15 is 0 Å². The van der Waals surface area contributed by atoms with E-state index < -0.39 is 0 Å². The lowest BCUT2D eigenvalue weighted by Crippen LogP contribution is -2.43. The van der Waals surface area contributed by atoms with E-state index in [1.807, 2.05) is 4.90 Å². The molecule has 0 spiro atoms. The SMILES string of the molecule is CCC1CCCCN1C(=O)c1cc(Cl)nnc1Cl. The number of hydrogen-bond acceptors (Lipinski definition) is 3.